The minimum Gasteiger partial charge on any atom is -0.492 e. The third-order valence-electron chi connectivity index (χ3n) is 5.42. The largest absolute Gasteiger partial charge is 0.492 e. The minimum absolute atomic E-state index is 0.550. The van der Waals surface area contributed by atoms with Gasteiger partial charge in [-0.2, -0.15) is 0 Å². The number of piperidine rings is 1. The van der Waals surface area contributed by atoms with Gasteiger partial charge in [0, 0.05) is 18.6 Å². The van der Waals surface area contributed by atoms with Crippen molar-refractivity contribution in [3.8, 4) is 5.75 Å². The van der Waals surface area contributed by atoms with Crippen molar-refractivity contribution in [2.45, 2.75) is 44.7 Å². The predicted molar refractivity (Wildman–Crippen MR) is 91.4 cm³/mol. The highest BCUT2D eigenvalue weighted by molar-refractivity contribution is 5.31. The average molecular weight is 302 g/mol. The molecular formula is C19H30N2O. The van der Waals surface area contributed by atoms with Crippen molar-refractivity contribution >= 4 is 0 Å². The summed E-state index contributed by atoms with van der Waals surface area (Å²) in [6, 6.07) is 9.90. The third kappa shape index (κ3) is 3.64. The van der Waals surface area contributed by atoms with Gasteiger partial charge in [0.15, 0.2) is 0 Å². The van der Waals surface area contributed by atoms with Gasteiger partial charge in [0.05, 0.1) is 0 Å². The first-order valence-corrected chi connectivity index (χ1v) is 8.76. The second-order valence-corrected chi connectivity index (χ2v) is 7.30. The molecule has 2 fully saturated rings. The quantitative estimate of drug-likeness (QED) is 0.846. The zero-order chi connectivity index (χ0) is 15.5. The molecule has 2 saturated heterocycles. The van der Waals surface area contributed by atoms with Crippen LogP contribution in [0.2, 0.25) is 0 Å². The van der Waals surface area contributed by atoms with Crippen LogP contribution in [0.5, 0.6) is 5.75 Å². The van der Waals surface area contributed by atoms with Crippen molar-refractivity contribution in [1.29, 1.82) is 0 Å². The monoisotopic (exact) mass is 302 g/mol. The highest BCUT2D eigenvalue weighted by Gasteiger charge is 2.25. The summed E-state index contributed by atoms with van der Waals surface area (Å²) in [5, 5.41) is 0. The Bertz CT molecular complexity index is 490. The lowest BCUT2D eigenvalue weighted by molar-refractivity contribution is 0.146. The summed E-state index contributed by atoms with van der Waals surface area (Å²) in [5.41, 5.74) is 1.41. The Morgan fingerprint density at radius 1 is 1.14 bits per heavy atom. The summed E-state index contributed by atoms with van der Waals surface area (Å²) < 4.78 is 6.09. The van der Waals surface area contributed by atoms with Crippen LogP contribution in [0.25, 0.3) is 0 Å². The average Bonchev–Trinajstić information content (AvgIpc) is 2.91. The maximum absolute atomic E-state index is 6.09. The van der Waals surface area contributed by atoms with E-state index in [0.717, 1.165) is 18.3 Å². The molecule has 0 aromatic heterocycles. The maximum atomic E-state index is 6.09. The van der Waals surface area contributed by atoms with E-state index in [4.69, 9.17) is 4.74 Å². The molecule has 0 unspecified atom stereocenters. The summed E-state index contributed by atoms with van der Waals surface area (Å²) in [6.07, 6.45) is 5.15. The van der Waals surface area contributed by atoms with Gasteiger partial charge >= 0.3 is 0 Å². The van der Waals surface area contributed by atoms with Crippen molar-refractivity contribution in [3.05, 3.63) is 29.8 Å². The molecule has 3 nitrogen and oxygen atoms in total. The summed E-state index contributed by atoms with van der Waals surface area (Å²) in [7, 11) is 4.46. The first-order valence-electron chi connectivity index (χ1n) is 8.76. The summed E-state index contributed by atoms with van der Waals surface area (Å²) in [5.74, 6) is 1.85. The predicted octanol–water partition coefficient (Wildman–Crippen LogP) is 3.56. The normalized spacial score (nSPS) is 30.6. The lowest BCUT2D eigenvalue weighted by atomic mass is 9.90. The van der Waals surface area contributed by atoms with Crippen LogP contribution in [-0.4, -0.2) is 49.6 Å². The smallest absolute Gasteiger partial charge is 0.119 e. The number of likely N-dealkylation sites (N-methyl/N-ethyl adjacent to an activating group) is 1. The second-order valence-electron chi connectivity index (χ2n) is 7.30. The SMILES string of the molecule is C[C@H]1CC[C@H](c2cccc(OC[C@@H]3CCCN3C)c2)N(C)C1. The van der Waals surface area contributed by atoms with Crippen molar-refractivity contribution in [2.75, 3.05) is 33.8 Å². The topological polar surface area (TPSA) is 15.7 Å². The molecule has 0 bridgehead atoms. The molecule has 0 N–H and O–H groups in total. The van der Waals surface area contributed by atoms with Crippen LogP contribution in [0.3, 0.4) is 0 Å². The van der Waals surface area contributed by atoms with E-state index in [0.29, 0.717) is 12.1 Å². The molecule has 0 aliphatic carbocycles. The molecule has 3 atom stereocenters. The molecule has 3 heteroatoms. The lowest BCUT2D eigenvalue weighted by Gasteiger charge is -2.36. The number of ether oxygens (including phenoxy) is 1. The molecule has 1 aromatic carbocycles. The Morgan fingerprint density at radius 2 is 2.00 bits per heavy atom. The van der Waals surface area contributed by atoms with E-state index in [1.54, 1.807) is 0 Å². The Kier molecular flexibility index (Phi) is 5.04. The highest BCUT2D eigenvalue weighted by Crippen LogP contribution is 2.33. The molecule has 0 spiro atoms. The van der Waals surface area contributed by atoms with Gasteiger partial charge in [-0.1, -0.05) is 19.1 Å². The number of rotatable bonds is 4. The van der Waals surface area contributed by atoms with Gasteiger partial charge in [-0.05, 0) is 69.9 Å². The lowest BCUT2D eigenvalue weighted by Crippen LogP contribution is -2.34. The van der Waals surface area contributed by atoms with E-state index in [1.165, 1.54) is 44.3 Å². The number of hydrogen-bond donors (Lipinski definition) is 0. The minimum atomic E-state index is 0.550. The van der Waals surface area contributed by atoms with Crippen molar-refractivity contribution < 1.29 is 4.74 Å². The number of benzene rings is 1. The van der Waals surface area contributed by atoms with E-state index in [-0.39, 0.29) is 0 Å². The van der Waals surface area contributed by atoms with Crippen LogP contribution in [-0.2, 0) is 0 Å². The van der Waals surface area contributed by atoms with Gasteiger partial charge in [0.25, 0.3) is 0 Å². The zero-order valence-corrected chi connectivity index (χ0v) is 14.3. The molecule has 122 valence electrons. The number of hydrogen-bond acceptors (Lipinski definition) is 3. The second kappa shape index (κ2) is 7.01. The summed E-state index contributed by atoms with van der Waals surface area (Å²) >= 11 is 0. The fourth-order valence-corrected chi connectivity index (χ4v) is 3.99. The van der Waals surface area contributed by atoms with Crippen LogP contribution in [0.4, 0.5) is 0 Å². The molecule has 0 radical (unpaired) electrons. The highest BCUT2D eigenvalue weighted by atomic mass is 16.5. The molecule has 2 aliphatic rings. The fourth-order valence-electron chi connectivity index (χ4n) is 3.99. The molecule has 22 heavy (non-hydrogen) atoms. The molecule has 0 amide bonds. The Hall–Kier alpha value is -1.06. The van der Waals surface area contributed by atoms with Crippen LogP contribution in [0, 0.1) is 5.92 Å². The first-order chi connectivity index (χ1) is 10.6. The first kappa shape index (κ1) is 15.8. The molecule has 3 rings (SSSR count). The molecular weight excluding hydrogens is 272 g/mol. The van der Waals surface area contributed by atoms with Crippen molar-refractivity contribution in [3.63, 3.8) is 0 Å². The van der Waals surface area contributed by atoms with Gasteiger partial charge in [-0.25, -0.2) is 0 Å². The Morgan fingerprint density at radius 3 is 2.73 bits per heavy atom. The summed E-state index contributed by atoms with van der Waals surface area (Å²) in [4.78, 5) is 4.91. The molecule has 2 aliphatic heterocycles. The van der Waals surface area contributed by atoms with E-state index in [2.05, 4.69) is 55.1 Å². The Labute approximate surface area is 135 Å². The standard InChI is InChI=1S/C19H30N2O/c1-15-9-10-19(21(3)13-15)16-6-4-8-18(12-16)22-14-17-7-5-11-20(17)2/h4,6,8,12,15,17,19H,5,7,9-11,13-14H2,1-3H3/t15-,17-,19+/m0/s1. The Balaban J connectivity index is 1.62. The van der Waals surface area contributed by atoms with E-state index in [1.807, 2.05) is 0 Å². The molecule has 0 saturated carbocycles. The van der Waals surface area contributed by atoms with Gasteiger partial charge in [-0.15, -0.1) is 0 Å². The van der Waals surface area contributed by atoms with E-state index < -0.39 is 0 Å². The van der Waals surface area contributed by atoms with Gasteiger partial charge in [0.2, 0.25) is 0 Å². The number of nitrogens with zero attached hydrogens (tertiary/aromatic N) is 2. The van der Waals surface area contributed by atoms with Gasteiger partial charge < -0.3 is 9.64 Å². The number of likely N-dealkylation sites (tertiary alicyclic amines) is 2. The van der Waals surface area contributed by atoms with Crippen LogP contribution < -0.4 is 4.74 Å². The van der Waals surface area contributed by atoms with Gasteiger partial charge in [0.1, 0.15) is 12.4 Å². The van der Waals surface area contributed by atoms with Gasteiger partial charge in [-0.3, -0.25) is 4.90 Å². The van der Waals surface area contributed by atoms with Crippen LogP contribution in [0.1, 0.15) is 44.2 Å². The van der Waals surface area contributed by atoms with Crippen molar-refractivity contribution in [2.24, 2.45) is 5.92 Å². The molecule has 2 heterocycles. The van der Waals surface area contributed by atoms with Crippen LogP contribution >= 0.6 is 0 Å². The van der Waals surface area contributed by atoms with Crippen LogP contribution in [0.15, 0.2) is 24.3 Å². The fraction of sp³-hybridized carbons (Fsp3) is 0.684. The molecule has 1 aromatic rings. The van der Waals surface area contributed by atoms with Crippen molar-refractivity contribution in [1.82, 2.24) is 9.80 Å². The van der Waals surface area contributed by atoms with E-state index >= 15 is 0 Å². The third-order valence-corrected chi connectivity index (χ3v) is 5.42. The summed E-state index contributed by atoms with van der Waals surface area (Å²) in [6.45, 7) is 5.57. The maximum Gasteiger partial charge on any atom is 0.119 e. The van der Waals surface area contributed by atoms with E-state index in [9.17, 15) is 0 Å². The zero-order valence-electron chi connectivity index (χ0n) is 14.3.